The Bertz CT molecular complexity index is 823. The molecule has 0 aromatic rings. The van der Waals surface area contributed by atoms with Crippen LogP contribution in [0.1, 0.15) is 98.8 Å². The summed E-state index contributed by atoms with van der Waals surface area (Å²) in [5.41, 5.74) is 0.885. The van der Waals surface area contributed by atoms with Crippen LogP contribution in [0.2, 0.25) is 39.3 Å². The van der Waals surface area contributed by atoms with E-state index in [1.54, 1.807) is 0 Å². The number of hydrogen-bond acceptors (Lipinski definition) is 2. The van der Waals surface area contributed by atoms with E-state index in [0.717, 1.165) is 29.6 Å². The van der Waals surface area contributed by atoms with Crippen LogP contribution in [0.4, 0.5) is 0 Å². The van der Waals surface area contributed by atoms with Gasteiger partial charge in [0.1, 0.15) is 0 Å². The van der Waals surface area contributed by atoms with Crippen molar-refractivity contribution in [3.63, 3.8) is 0 Å². The van der Waals surface area contributed by atoms with Gasteiger partial charge in [0.15, 0.2) is 8.32 Å². The van der Waals surface area contributed by atoms with Gasteiger partial charge in [-0.1, -0.05) is 53.9 Å². The van der Waals surface area contributed by atoms with Gasteiger partial charge in [0.2, 0.25) is 8.32 Å². The van der Waals surface area contributed by atoms with Crippen LogP contribution in [0.15, 0.2) is 11.8 Å². The minimum absolute atomic E-state index is 0.371. The summed E-state index contributed by atoms with van der Waals surface area (Å²) in [7, 11) is -3.23. The molecule has 0 heterocycles. The van der Waals surface area contributed by atoms with Crippen molar-refractivity contribution in [2.75, 3.05) is 0 Å². The molecule has 0 aromatic carbocycles. The van der Waals surface area contributed by atoms with Gasteiger partial charge in [0.25, 0.3) is 0 Å². The Hall–Kier alpha value is -0.0662. The lowest BCUT2D eigenvalue weighted by molar-refractivity contribution is -0.0926. The number of rotatable bonds is 9. The summed E-state index contributed by atoms with van der Waals surface area (Å²) >= 11 is 0. The standard InChI is InChI=1S/C33H62O2Si2/c1-23(2)13-12-14-24(3)27-15-16-28-26-22-31(35-37(9,10)11)30-21-25(34-36(6,7)8)17-19-33(30,5)29(26)18-20-32(27,28)4/h22-30H,12-21H2,1-11H3/t24-,25+,26+,27-,28+,29+,30-,32-,33-/m1/s1. The van der Waals surface area contributed by atoms with Crippen LogP contribution in [-0.4, -0.2) is 22.7 Å². The SMILES string of the molecule is CC(C)CCC[C@@H](C)[C@H]1CC[C@H]2[C@@H]3C=C(O[Si](C)(C)C)[C@H]4C[C@@H](O[Si](C)(C)C)CC[C@]4(C)[C@H]3CC[C@]12C. The zero-order valence-electron chi connectivity index (χ0n) is 26.6. The smallest absolute Gasteiger partial charge is 0.241 e. The first-order chi connectivity index (χ1) is 17.0. The topological polar surface area (TPSA) is 18.5 Å². The third-order valence-corrected chi connectivity index (χ3v) is 13.2. The van der Waals surface area contributed by atoms with Crippen LogP contribution in [0.3, 0.4) is 0 Å². The van der Waals surface area contributed by atoms with Crippen molar-refractivity contribution in [2.24, 2.45) is 52.3 Å². The normalized spacial score (nSPS) is 41.0. The number of allylic oxidation sites excluding steroid dienone is 2. The highest BCUT2D eigenvalue weighted by molar-refractivity contribution is 6.70. The molecule has 3 saturated carbocycles. The van der Waals surface area contributed by atoms with Crippen molar-refractivity contribution >= 4 is 16.6 Å². The molecular formula is C33H62O2Si2. The molecule has 4 rings (SSSR count). The maximum absolute atomic E-state index is 7.03. The summed E-state index contributed by atoms with van der Waals surface area (Å²) in [5, 5.41) is 0. The van der Waals surface area contributed by atoms with E-state index in [0.29, 0.717) is 28.8 Å². The molecule has 2 nitrogen and oxygen atoms in total. The number of fused-ring (bicyclic) bond motifs is 5. The van der Waals surface area contributed by atoms with Gasteiger partial charge in [-0.15, -0.1) is 0 Å². The molecule has 0 bridgehead atoms. The molecule has 0 unspecified atom stereocenters. The summed E-state index contributed by atoms with van der Waals surface area (Å²) in [6.07, 6.45) is 16.9. The molecule has 3 fully saturated rings. The largest absolute Gasteiger partial charge is 0.547 e. The lowest BCUT2D eigenvalue weighted by Crippen LogP contribution is -2.55. The Morgan fingerprint density at radius 3 is 2.11 bits per heavy atom. The van der Waals surface area contributed by atoms with Crippen molar-refractivity contribution in [3.05, 3.63) is 11.8 Å². The molecule has 0 aromatic heterocycles. The molecule has 0 amide bonds. The highest BCUT2D eigenvalue weighted by atomic mass is 28.4. The zero-order chi connectivity index (χ0) is 27.4. The molecule has 0 saturated heterocycles. The van der Waals surface area contributed by atoms with Crippen LogP contribution < -0.4 is 0 Å². The Labute approximate surface area is 233 Å². The van der Waals surface area contributed by atoms with Crippen molar-refractivity contribution in [3.8, 4) is 0 Å². The van der Waals surface area contributed by atoms with Crippen LogP contribution in [0, 0.1) is 52.3 Å². The van der Waals surface area contributed by atoms with E-state index >= 15 is 0 Å². The summed E-state index contributed by atoms with van der Waals surface area (Å²) in [4.78, 5) is 0. The Kier molecular flexibility index (Phi) is 8.67. The minimum Gasteiger partial charge on any atom is -0.547 e. The molecule has 4 aliphatic rings. The van der Waals surface area contributed by atoms with Gasteiger partial charge in [-0.05, 0) is 137 Å². The van der Waals surface area contributed by atoms with Gasteiger partial charge in [-0.25, -0.2) is 0 Å². The van der Waals surface area contributed by atoms with Gasteiger partial charge < -0.3 is 8.85 Å². The maximum atomic E-state index is 7.03. The van der Waals surface area contributed by atoms with Crippen molar-refractivity contribution in [1.82, 2.24) is 0 Å². The van der Waals surface area contributed by atoms with Crippen LogP contribution >= 0.6 is 0 Å². The predicted octanol–water partition coefficient (Wildman–Crippen LogP) is 10.3. The summed E-state index contributed by atoms with van der Waals surface area (Å²) < 4.78 is 13.8. The molecule has 0 aliphatic heterocycles. The highest BCUT2D eigenvalue weighted by Crippen LogP contribution is 2.68. The summed E-state index contributed by atoms with van der Waals surface area (Å²) in [6.45, 7) is 27.0. The number of hydrogen-bond donors (Lipinski definition) is 0. The molecular weight excluding hydrogens is 485 g/mol. The Balaban J connectivity index is 1.61. The molecule has 0 spiro atoms. The fourth-order valence-corrected chi connectivity index (χ4v) is 11.9. The molecule has 0 radical (unpaired) electrons. The molecule has 214 valence electrons. The van der Waals surface area contributed by atoms with Crippen LogP contribution in [0.25, 0.3) is 0 Å². The van der Waals surface area contributed by atoms with Crippen molar-refractivity contribution < 1.29 is 8.85 Å². The third kappa shape index (κ3) is 6.32. The third-order valence-electron chi connectivity index (χ3n) is 11.3. The van der Waals surface area contributed by atoms with Gasteiger partial charge in [-0.2, -0.15) is 0 Å². The summed E-state index contributed by atoms with van der Waals surface area (Å²) in [6, 6.07) is 0. The first kappa shape index (κ1) is 29.9. The maximum Gasteiger partial charge on any atom is 0.241 e. The molecule has 9 atom stereocenters. The Morgan fingerprint density at radius 2 is 1.49 bits per heavy atom. The van der Waals surface area contributed by atoms with Gasteiger partial charge in [-0.3, -0.25) is 0 Å². The zero-order valence-corrected chi connectivity index (χ0v) is 28.6. The monoisotopic (exact) mass is 546 g/mol. The van der Waals surface area contributed by atoms with E-state index in [2.05, 4.69) is 80.0 Å². The first-order valence-corrected chi connectivity index (χ1v) is 22.9. The fraction of sp³-hybridized carbons (Fsp3) is 0.939. The second-order valence-electron chi connectivity index (χ2n) is 16.8. The van der Waals surface area contributed by atoms with E-state index in [4.69, 9.17) is 8.85 Å². The van der Waals surface area contributed by atoms with Gasteiger partial charge in [0, 0.05) is 12.0 Å². The predicted molar refractivity (Wildman–Crippen MR) is 165 cm³/mol. The molecule has 37 heavy (non-hydrogen) atoms. The lowest BCUT2D eigenvalue weighted by atomic mass is 9.46. The van der Waals surface area contributed by atoms with E-state index in [1.165, 1.54) is 70.0 Å². The van der Waals surface area contributed by atoms with E-state index in [1.807, 2.05) is 0 Å². The van der Waals surface area contributed by atoms with Gasteiger partial charge >= 0.3 is 0 Å². The Morgan fingerprint density at radius 1 is 0.838 bits per heavy atom. The van der Waals surface area contributed by atoms with Crippen LogP contribution in [0.5, 0.6) is 0 Å². The second-order valence-corrected chi connectivity index (χ2v) is 25.7. The quantitative estimate of drug-likeness (QED) is 0.268. The van der Waals surface area contributed by atoms with Crippen molar-refractivity contribution in [1.29, 1.82) is 0 Å². The fourth-order valence-electron chi connectivity index (χ4n) is 9.77. The van der Waals surface area contributed by atoms with E-state index in [9.17, 15) is 0 Å². The molecule has 4 heteroatoms. The highest BCUT2D eigenvalue weighted by Gasteiger charge is 2.61. The van der Waals surface area contributed by atoms with Gasteiger partial charge in [0.05, 0.1) is 5.76 Å². The average molecular weight is 547 g/mol. The van der Waals surface area contributed by atoms with E-state index < -0.39 is 16.6 Å². The van der Waals surface area contributed by atoms with Crippen molar-refractivity contribution in [2.45, 2.75) is 144 Å². The molecule has 4 aliphatic carbocycles. The molecule has 0 N–H and O–H groups in total. The minimum atomic E-state index is -1.69. The van der Waals surface area contributed by atoms with Crippen LogP contribution in [-0.2, 0) is 8.85 Å². The lowest BCUT2D eigenvalue weighted by Gasteiger charge is -2.60. The second kappa shape index (κ2) is 10.7. The summed E-state index contributed by atoms with van der Waals surface area (Å²) in [5.74, 6) is 6.95. The first-order valence-electron chi connectivity index (χ1n) is 16.1. The average Bonchev–Trinajstić information content (AvgIpc) is 3.10. The van der Waals surface area contributed by atoms with E-state index in [-0.39, 0.29) is 0 Å².